The zero-order valence-corrected chi connectivity index (χ0v) is 15.8. The molecule has 1 aromatic carbocycles. The first-order valence-electron chi connectivity index (χ1n) is 8.61. The summed E-state index contributed by atoms with van der Waals surface area (Å²) in [6.07, 6.45) is 3.03. The molecule has 3 aromatic rings. The number of guanidine groups is 1. The van der Waals surface area contributed by atoms with E-state index < -0.39 is 0 Å². The highest BCUT2D eigenvalue weighted by atomic mass is 32.1. The van der Waals surface area contributed by atoms with Gasteiger partial charge < -0.3 is 15.6 Å². The van der Waals surface area contributed by atoms with E-state index in [4.69, 9.17) is 0 Å². The Bertz CT molecular complexity index is 846. The second-order valence-corrected chi connectivity index (χ2v) is 7.23. The van der Waals surface area contributed by atoms with Crippen LogP contribution in [0.15, 0.2) is 40.8 Å². The molecule has 3 N–H and O–H groups in total. The van der Waals surface area contributed by atoms with E-state index in [1.54, 1.807) is 18.4 Å². The lowest BCUT2D eigenvalue weighted by molar-refractivity contribution is 0.779. The number of para-hydroxylation sites is 1. The van der Waals surface area contributed by atoms with Gasteiger partial charge in [-0.05, 0) is 24.0 Å². The van der Waals surface area contributed by atoms with Crippen molar-refractivity contribution in [2.45, 2.75) is 32.7 Å². The molecule has 25 heavy (non-hydrogen) atoms. The number of aromatic amines is 1. The van der Waals surface area contributed by atoms with Crippen LogP contribution in [0, 0.1) is 0 Å². The van der Waals surface area contributed by atoms with E-state index in [1.807, 2.05) is 0 Å². The summed E-state index contributed by atoms with van der Waals surface area (Å²) >= 11 is 1.69. The van der Waals surface area contributed by atoms with Gasteiger partial charge in [-0.3, -0.25) is 4.99 Å². The third kappa shape index (κ3) is 4.39. The number of rotatable bonds is 6. The summed E-state index contributed by atoms with van der Waals surface area (Å²) in [5.74, 6) is 1.28. The molecule has 5 nitrogen and oxygen atoms in total. The molecule has 0 saturated heterocycles. The lowest BCUT2D eigenvalue weighted by atomic mass is 10.1. The molecule has 6 heteroatoms. The average Bonchev–Trinajstić information content (AvgIpc) is 3.25. The highest BCUT2D eigenvalue weighted by Gasteiger charge is 2.07. The third-order valence-electron chi connectivity index (χ3n) is 4.15. The van der Waals surface area contributed by atoms with Crippen molar-refractivity contribution in [3.63, 3.8) is 0 Å². The van der Waals surface area contributed by atoms with Gasteiger partial charge in [0, 0.05) is 36.1 Å². The molecule has 0 unspecified atom stereocenters. The van der Waals surface area contributed by atoms with Gasteiger partial charge in [-0.2, -0.15) is 0 Å². The third-order valence-corrected chi connectivity index (χ3v) is 5.02. The summed E-state index contributed by atoms with van der Waals surface area (Å²) in [4.78, 5) is 12.2. The van der Waals surface area contributed by atoms with E-state index >= 15 is 0 Å². The highest BCUT2D eigenvalue weighted by molar-refractivity contribution is 7.09. The van der Waals surface area contributed by atoms with Gasteiger partial charge >= 0.3 is 0 Å². The number of benzene rings is 1. The standard InChI is InChI=1S/C19H25N5S/c1-13(2)17-12-25-18(24-17)11-23-19(20-3)21-9-8-14-10-22-16-7-5-4-6-15(14)16/h4-7,10,12-13,22H,8-9,11H2,1-3H3,(H2,20,21,23). The number of thiazole rings is 1. The molecule has 0 fully saturated rings. The van der Waals surface area contributed by atoms with Crippen molar-refractivity contribution in [3.8, 4) is 0 Å². The van der Waals surface area contributed by atoms with Crippen LogP contribution in [0.1, 0.15) is 36.0 Å². The number of fused-ring (bicyclic) bond motifs is 1. The fourth-order valence-corrected chi connectivity index (χ4v) is 3.60. The average molecular weight is 356 g/mol. The molecule has 132 valence electrons. The van der Waals surface area contributed by atoms with E-state index in [1.165, 1.54) is 16.5 Å². The molecule has 2 aromatic heterocycles. The maximum atomic E-state index is 4.64. The summed E-state index contributed by atoms with van der Waals surface area (Å²) in [6.45, 7) is 5.86. The normalized spacial score (nSPS) is 12.1. The van der Waals surface area contributed by atoms with Crippen LogP contribution in [0.5, 0.6) is 0 Å². The van der Waals surface area contributed by atoms with Crippen molar-refractivity contribution >= 4 is 28.2 Å². The molecule has 3 rings (SSSR count). The number of nitrogens with zero attached hydrogens (tertiary/aromatic N) is 2. The number of aromatic nitrogens is 2. The zero-order valence-electron chi connectivity index (χ0n) is 15.0. The number of aliphatic imine (C=N–C) groups is 1. The molecule has 0 amide bonds. The monoisotopic (exact) mass is 355 g/mol. The zero-order chi connectivity index (χ0) is 17.6. The van der Waals surface area contributed by atoms with Crippen LogP contribution in [0.3, 0.4) is 0 Å². The Kier molecular flexibility index (Phi) is 5.71. The first-order chi connectivity index (χ1) is 12.2. The van der Waals surface area contributed by atoms with Crippen LogP contribution in [-0.2, 0) is 13.0 Å². The highest BCUT2D eigenvalue weighted by Crippen LogP contribution is 2.18. The first kappa shape index (κ1) is 17.5. The van der Waals surface area contributed by atoms with Crippen molar-refractivity contribution in [2.75, 3.05) is 13.6 Å². The first-order valence-corrected chi connectivity index (χ1v) is 9.49. The van der Waals surface area contributed by atoms with Crippen LogP contribution in [-0.4, -0.2) is 29.5 Å². The summed E-state index contributed by atoms with van der Waals surface area (Å²) in [5.41, 5.74) is 3.66. The molecule has 2 heterocycles. The minimum atomic E-state index is 0.471. The van der Waals surface area contributed by atoms with Gasteiger partial charge in [0.25, 0.3) is 0 Å². The Balaban J connectivity index is 1.49. The van der Waals surface area contributed by atoms with Crippen molar-refractivity contribution < 1.29 is 0 Å². The minimum Gasteiger partial charge on any atom is -0.361 e. The fraction of sp³-hybridized carbons (Fsp3) is 0.368. The maximum Gasteiger partial charge on any atom is 0.191 e. The van der Waals surface area contributed by atoms with Crippen molar-refractivity contribution in [2.24, 2.45) is 4.99 Å². The molecular weight excluding hydrogens is 330 g/mol. The van der Waals surface area contributed by atoms with Gasteiger partial charge in [0.15, 0.2) is 5.96 Å². The number of hydrogen-bond donors (Lipinski definition) is 3. The van der Waals surface area contributed by atoms with Gasteiger partial charge in [0.05, 0.1) is 12.2 Å². The van der Waals surface area contributed by atoms with Crippen LogP contribution in [0.4, 0.5) is 0 Å². The van der Waals surface area contributed by atoms with Crippen LogP contribution in [0.25, 0.3) is 10.9 Å². The number of hydrogen-bond acceptors (Lipinski definition) is 3. The smallest absolute Gasteiger partial charge is 0.191 e. The van der Waals surface area contributed by atoms with E-state index in [-0.39, 0.29) is 0 Å². The minimum absolute atomic E-state index is 0.471. The van der Waals surface area contributed by atoms with Crippen molar-refractivity contribution in [1.29, 1.82) is 0 Å². The quantitative estimate of drug-likeness (QED) is 0.467. The predicted molar refractivity (Wildman–Crippen MR) is 106 cm³/mol. The predicted octanol–water partition coefficient (Wildman–Crippen LogP) is 3.66. The van der Waals surface area contributed by atoms with Crippen LogP contribution in [0.2, 0.25) is 0 Å². The van der Waals surface area contributed by atoms with Gasteiger partial charge in [-0.25, -0.2) is 4.98 Å². The van der Waals surface area contributed by atoms with Crippen molar-refractivity contribution in [3.05, 3.63) is 52.1 Å². The van der Waals surface area contributed by atoms with E-state index in [0.717, 1.165) is 29.6 Å². The lowest BCUT2D eigenvalue weighted by Crippen LogP contribution is -2.37. The topological polar surface area (TPSA) is 65.1 Å². The molecule has 0 atom stereocenters. The van der Waals surface area contributed by atoms with Gasteiger partial charge in [-0.15, -0.1) is 11.3 Å². The Hall–Kier alpha value is -2.34. The van der Waals surface area contributed by atoms with Gasteiger partial charge in [0.2, 0.25) is 0 Å². The Morgan fingerprint density at radius 2 is 2.12 bits per heavy atom. The fourth-order valence-electron chi connectivity index (χ4n) is 2.71. The van der Waals surface area contributed by atoms with E-state index in [0.29, 0.717) is 12.5 Å². The second kappa shape index (κ2) is 8.16. The molecule has 0 saturated carbocycles. The van der Waals surface area contributed by atoms with Gasteiger partial charge in [-0.1, -0.05) is 32.0 Å². The molecule has 0 aliphatic carbocycles. The molecule has 0 aliphatic heterocycles. The number of H-pyrrole nitrogens is 1. The summed E-state index contributed by atoms with van der Waals surface area (Å²) in [5, 5.41) is 11.2. The molecule has 0 aliphatic rings. The summed E-state index contributed by atoms with van der Waals surface area (Å²) in [7, 11) is 1.79. The second-order valence-electron chi connectivity index (χ2n) is 6.28. The lowest BCUT2D eigenvalue weighted by Gasteiger charge is -2.10. The summed E-state index contributed by atoms with van der Waals surface area (Å²) < 4.78 is 0. The Morgan fingerprint density at radius 1 is 1.28 bits per heavy atom. The SMILES string of the molecule is CN=C(NCCc1c[nH]c2ccccc12)NCc1nc(C(C)C)cs1. The summed E-state index contributed by atoms with van der Waals surface area (Å²) in [6, 6.07) is 8.39. The van der Waals surface area contributed by atoms with E-state index in [2.05, 4.69) is 75.3 Å². The van der Waals surface area contributed by atoms with E-state index in [9.17, 15) is 0 Å². The molecule has 0 radical (unpaired) electrons. The Morgan fingerprint density at radius 3 is 2.88 bits per heavy atom. The largest absolute Gasteiger partial charge is 0.361 e. The molecular formula is C19H25N5S. The molecule has 0 bridgehead atoms. The van der Waals surface area contributed by atoms with Crippen LogP contribution < -0.4 is 10.6 Å². The molecule has 0 spiro atoms. The van der Waals surface area contributed by atoms with Gasteiger partial charge in [0.1, 0.15) is 5.01 Å². The Labute approximate surface area is 152 Å². The van der Waals surface area contributed by atoms with Crippen LogP contribution >= 0.6 is 11.3 Å². The maximum absolute atomic E-state index is 4.64. The van der Waals surface area contributed by atoms with Crippen molar-refractivity contribution in [1.82, 2.24) is 20.6 Å². The number of nitrogens with one attached hydrogen (secondary N) is 3.